The van der Waals surface area contributed by atoms with Crippen LogP contribution in [0, 0.1) is 5.41 Å². The number of methoxy groups -OCH3 is 1. The number of hydrogen-bond acceptors (Lipinski definition) is 4. The number of rotatable bonds is 7. The van der Waals surface area contributed by atoms with Crippen LogP contribution in [0.5, 0.6) is 5.75 Å². The molecular weight excluding hydrogens is 464 g/mol. The smallest absolute Gasteiger partial charge is 0.232 e. The maximum Gasteiger partial charge on any atom is 0.232 e. The third-order valence-electron chi connectivity index (χ3n) is 6.66. The van der Waals surface area contributed by atoms with E-state index in [1.54, 1.807) is 7.11 Å². The van der Waals surface area contributed by atoms with Crippen molar-refractivity contribution in [2.45, 2.75) is 19.8 Å². The lowest BCUT2D eigenvalue weighted by Crippen LogP contribution is -2.37. The number of hydrogen-bond donors (Lipinski definition) is 1. The summed E-state index contributed by atoms with van der Waals surface area (Å²) in [5.74, 6) is 0.508. The van der Waals surface area contributed by atoms with Crippen molar-refractivity contribution < 1.29 is 9.53 Å². The zero-order valence-corrected chi connectivity index (χ0v) is 21.4. The molecule has 0 aliphatic heterocycles. The summed E-state index contributed by atoms with van der Waals surface area (Å²) in [7, 11) is 1.66. The standard InChI is InChI=1S/C31H28N2O2S/c1-31(2,28(22-12-5-4-6-13-22)23-15-9-16-24(19-23)35-3)29(34)33-30-32-27(20-36-30)26-18-10-14-21-11-7-8-17-25(21)26/h4-20,28H,1-3H3,(H,32,33,34). The van der Waals surface area contributed by atoms with Gasteiger partial charge in [0, 0.05) is 16.9 Å². The van der Waals surface area contributed by atoms with E-state index in [1.807, 2.05) is 73.8 Å². The number of amides is 1. The molecule has 1 unspecified atom stereocenters. The minimum atomic E-state index is -0.765. The third kappa shape index (κ3) is 4.62. The molecule has 4 aromatic carbocycles. The minimum Gasteiger partial charge on any atom is -0.497 e. The van der Waals surface area contributed by atoms with Gasteiger partial charge in [0.2, 0.25) is 5.91 Å². The summed E-state index contributed by atoms with van der Waals surface area (Å²) in [5, 5.41) is 8.01. The first-order chi connectivity index (χ1) is 17.5. The predicted molar refractivity (Wildman–Crippen MR) is 149 cm³/mol. The Morgan fingerprint density at radius 2 is 1.58 bits per heavy atom. The van der Waals surface area contributed by atoms with Crippen LogP contribution in [0.2, 0.25) is 0 Å². The average Bonchev–Trinajstić information content (AvgIpc) is 3.37. The van der Waals surface area contributed by atoms with E-state index in [0.717, 1.165) is 33.5 Å². The van der Waals surface area contributed by atoms with Crippen LogP contribution in [0.25, 0.3) is 22.0 Å². The van der Waals surface area contributed by atoms with Gasteiger partial charge in [0.25, 0.3) is 0 Å². The van der Waals surface area contributed by atoms with Crippen molar-refractivity contribution in [3.63, 3.8) is 0 Å². The van der Waals surface area contributed by atoms with Gasteiger partial charge in [-0.2, -0.15) is 0 Å². The highest BCUT2D eigenvalue weighted by atomic mass is 32.1. The van der Waals surface area contributed by atoms with Gasteiger partial charge in [-0.05, 0) is 34.0 Å². The largest absolute Gasteiger partial charge is 0.497 e. The molecule has 0 saturated carbocycles. The number of anilines is 1. The molecule has 0 aliphatic carbocycles. The Labute approximate surface area is 215 Å². The van der Waals surface area contributed by atoms with Gasteiger partial charge >= 0.3 is 0 Å². The highest BCUT2D eigenvalue weighted by Crippen LogP contribution is 2.43. The second-order valence-corrected chi connectivity index (χ2v) is 10.2. The summed E-state index contributed by atoms with van der Waals surface area (Å²) in [6.07, 6.45) is 0. The Hall–Kier alpha value is -3.96. The maximum atomic E-state index is 13.8. The normalized spacial score (nSPS) is 12.3. The molecule has 180 valence electrons. The van der Waals surface area contributed by atoms with E-state index in [1.165, 1.54) is 16.7 Å². The molecule has 5 heteroatoms. The van der Waals surface area contributed by atoms with Gasteiger partial charge in [-0.25, -0.2) is 4.98 Å². The summed E-state index contributed by atoms with van der Waals surface area (Å²) in [5.41, 5.74) is 3.25. The number of carbonyl (C=O) groups excluding carboxylic acids is 1. The first kappa shape index (κ1) is 23.8. The van der Waals surface area contributed by atoms with E-state index >= 15 is 0 Å². The first-order valence-corrected chi connectivity index (χ1v) is 12.8. The summed E-state index contributed by atoms with van der Waals surface area (Å²) >= 11 is 1.44. The van der Waals surface area contributed by atoms with E-state index < -0.39 is 5.41 Å². The van der Waals surface area contributed by atoms with Crippen LogP contribution in [0.4, 0.5) is 5.13 Å². The zero-order chi connectivity index (χ0) is 25.1. The molecular formula is C31H28N2O2S. The molecule has 0 aliphatic rings. The van der Waals surface area contributed by atoms with Gasteiger partial charge in [0.1, 0.15) is 5.75 Å². The molecule has 4 nitrogen and oxygen atoms in total. The van der Waals surface area contributed by atoms with Gasteiger partial charge in [0.15, 0.2) is 5.13 Å². The van der Waals surface area contributed by atoms with Crippen molar-refractivity contribution in [3.05, 3.63) is 114 Å². The maximum absolute atomic E-state index is 13.8. The number of nitrogens with one attached hydrogen (secondary N) is 1. The van der Waals surface area contributed by atoms with E-state index in [0.29, 0.717) is 5.13 Å². The van der Waals surface area contributed by atoms with Crippen molar-refractivity contribution >= 4 is 33.1 Å². The Kier molecular flexibility index (Phi) is 6.57. The molecule has 0 spiro atoms. The van der Waals surface area contributed by atoms with Crippen LogP contribution < -0.4 is 10.1 Å². The van der Waals surface area contributed by atoms with Gasteiger partial charge in [0.05, 0.1) is 18.2 Å². The van der Waals surface area contributed by atoms with Crippen molar-refractivity contribution in [1.82, 2.24) is 4.98 Å². The topological polar surface area (TPSA) is 51.2 Å². The third-order valence-corrected chi connectivity index (χ3v) is 7.41. The van der Waals surface area contributed by atoms with E-state index in [4.69, 9.17) is 9.72 Å². The van der Waals surface area contributed by atoms with Gasteiger partial charge in [-0.1, -0.05) is 98.8 Å². The summed E-state index contributed by atoms with van der Waals surface area (Å²) in [4.78, 5) is 18.5. The average molecular weight is 493 g/mol. The van der Waals surface area contributed by atoms with Gasteiger partial charge in [-0.15, -0.1) is 11.3 Å². The Morgan fingerprint density at radius 1 is 0.889 bits per heavy atom. The fourth-order valence-corrected chi connectivity index (χ4v) is 5.49. The first-order valence-electron chi connectivity index (χ1n) is 11.9. The molecule has 1 aromatic heterocycles. The number of ether oxygens (including phenoxy) is 1. The lowest BCUT2D eigenvalue weighted by Gasteiger charge is -2.34. The minimum absolute atomic E-state index is 0.0852. The van der Waals surface area contributed by atoms with Gasteiger partial charge < -0.3 is 10.1 Å². The van der Waals surface area contributed by atoms with Crippen molar-refractivity contribution in [2.24, 2.45) is 5.41 Å². The molecule has 1 amide bonds. The van der Waals surface area contributed by atoms with Gasteiger partial charge in [-0.3, -0.25) is 4.79 Å². The Morgan fingerprint density at radius 3 is 2.39 bits per heavy atom. The highest BCUT2D eigenvalue weighted by Gasteiger charge is 2.39. The Balaban J connectivity index is 1.46. The van der Waals surface area contributed by atoms with Crippen LogP contribution in [-0.2, 0) is 4.79 Å². The highest BCUT2D eigenvalue weighted by molar-refractivity contribution is 7.14. The van der Waals surface area contributed by atoms with Crippen LogP contribution in [-0.4, -0.2) is 18.0 Å². The Bertz CT molecular complexity index is 1500. The number of benzene rings is 4. The number of thiazole rings is 1. The van der Waals surface area contributed by atoms with Crippen molar-refractivity contribution in [3.8, 4) is 17.0 Å². The zero-order valence-electron chi connectivity index (χ0n) is 20.6. The SMILES string of the molecule is COc1cccc(C(c2ccccc2)C(C)(C)C(=O)Nc2nc(-c3cccc4ccccc34)cs2)c1. The lowest BCUT2D eigenvalue weighted by atomic mass is 9.70. The van der Waals surface area contributed by atoms with E-state index in [2.05, 4.69) is 47.8 Å². The van der Waals surface area contributed by atoms with Crippen LogP contribution in [0.15, 0.2) is 102 Å². The fourth-order valence-electron chi connectivity index (χ4n) is 4.79. The summed E-state index contributed by atoms with van der Waals surface area (Å²) in [6.45, 7) is 3.97. The molecule has 5 aromatic rings. The molecule has 0 fully saturated rings. The number of aromatic nitrogens is 1. The number of nitrogens with zero attached hydrogens (tertiary/aromatic N) is 1. The second kappa shape index (κ2) is 9.96. The quantitative estimate of drug-likeness (QED) is 0.252. The lowest BCUT2D eigenvalue weighted by molar-refractivity contribution is -0.124. The van der Waals surface area contributed by atoms with Crippen LogP contribution in [0.3, 0.4) is 0 Å². The van der Waals surface area contributed by atoms with Crippen LogP contribution >= 0.6 is 11.3 Å². The number of carbonyl (C=O) groups is 1. The molecule has 5 rings (SSSR count). The molecule has 0 saturated heterocycles. The summed E-state index contributed by atoms with van der Waals surface area (Å²) < 4.78 is 5.48. The molecule has 1 atom stereocenters. The predicted octanol–water partition coefficient (Wildman–Crippen LogP) is 7.77. The summed E-state index contributed by atoms with van der Waals surface area (Å²) in [6, 6.07) is 32.6. The fraction of sp³-hybridized carbons (Fsp3) is 0.161. The van der Waals surface area contributed by atoms with Crippen LogP contribution in [0.1, 0.15) is 30.9 Å². The van der Waals surface area contributed by atoms with Crippen molar-refractivity contribution in [1.29, 1.82) is 0 Å². The number of fused-ring (bicyclic) bond motifs is 1. The molecule has 1 N–H and O–H groups in total. The molecule has 0 bridgehead atoms. The molecule has 36 heavy (non-hydrogen) atoms. The second-order valence-electron chi connectivity index (χ2n) is 9.36. The van der Waals surface area contributed by atoms with E-state index in [-0.39, 0.29) is 11.8 Å². The molecule has 0 radical (unpaired) electrons. The monoisotopic (exact) mass is 492 g/mol. The molecule has 1 heterocycles. The van der Waals surface area contributed by atoms with Crippen molar-refractivity contribution in [2.75, 3.05) is 12.4 Å². The van der Waals surface area contributed by atoms with E-state index in [9.17, 15) is 4.79 Å².